The molecule has 1 atom stereocenters. The van der Waals surface area contributed by atoms with Gasteiger partial charge in [0.2, 0.25) is 0 Å². The maximum Gasteiger partial charge on any atom is 0.342 e. The summed E-state index contributed by atoms with van der Waals surface area (Å²) in [4.78, 5) is 51.6. The molecule has 8 nitrogen and oxygen atoms in total. The highest BCUT2D eigenvalue weighted by Crippen LogP contribution is 2.23. The molecule has 0 radical (unpaired) electrons. The molecule has 1 aromatic heterocycles. The van der Waals surface area contributed by atoms with Gasteiger partial charge in [-0.2, -0.15) is 0 Å². The van der Waals surface area contributed by atoms with Gasteiger partial charge in [0, 0.05) is 41.3 Å². The molecule has 1 unspecified atom stereocenters. The molecule has 10 heteroatoms. The van der Waals surface area contributed by atoms with Crippen LogP contribution in [0.15, 0.2) is 48.5 Å². The first-order valence-electron chi connectivity index (χ1n) is 11.8. The van der Waals surface area contributed by atoms with Crippen LogP contribution in [0, 0.1) is 13.8 Å². The fourth-order valence-electron chi connectivity index (χ4n) is 4.34. The topological polar surface area (TPSA) is 92.7 Å². The first-order chi connectivity index (χ1) is 17.6. The second-order valence-electron chi connectivity index (χ2n) is 8.90. The Morgan fingerprint density at radius 3 is 2.30 bits per heavy atom. The Morgan fingerprint density at radius 2 is 1.65 bits per heavy atom. The molecule has 1 aliphatic rings. The van der Waals surface area contributed by atoms with E-state index in [4.69, 9.17) is 27.9 Å². The average molecular weight is 541 g/mol. The number of rotatable bonds is 5. The number of carbonyl (C=O) groups is 3. The highest BCUT2D eigenvalue weighted by atomic mass is 35.5. The van der Waals surface area contributed by atoms with Gasteiger partial charge in [0.05, 0.1) is 5.69 Å². The zero-order valence-electron chi connectivity index (χ0n) is 20.7. The van der Waals surface area contributed by atoms with Crippen LogP contribution in [0.5, 0.6) is 0 Å². The van der Waals surface area contributed by atoms with E-state index in [0.29, 0.717) is 33.7 Å². The summed E-state index contributed by atoms with van der Waals surface area (Å²) < 4.78 is 5.49. The van der Waals surface area contributed by atoms with E-state index in [0.717, 1.165) is 5.56 Å². The first kappa shape index (κ1) is 26.6. The monoisotopic (exact) mass is 540 g/mol. The summed E-state index contributed by atoms with van der Waals surface area (Å²) in [6, 6.07) is 13.7. The molecule has 2 heterocycles. The van der Waals surface area contributed by atoms with Crippen LogP contribution in [0.3, 0.4) is 0 Å². The van der Waals surface area contributed by atoms with Crippen molar-refractivity contribution in [1.29, 1.82) is 0 Å². The number of amides is 2. The fraction of sp³-hybridized carbons (Fsp3) is 0.296. The quantitative estimate of drug-likeness (QED) is 0.434. The maximum absolute atomic E-state index is 13.6. The van der Waals surface area contributed by atoms with E-state index in [1.165, 1.54) is 0 Å². The van der Waals surface area contributed by atoms with Gasteiger partial charge in [0.15, 0.2) is 0 Å². The van der Waals surface area contributed by atoms with Crippen LogP contribution in [0.1, 0.15) is 55.2 Å². The Kier molecular flexibility index (Phi) is 8.10. The molecule has 4 rings (SSSR count). The van der Waals surface area contributed by atoms with Gasteiger partial charge in [-0.25, -0.2) is 14.8 Å². The first-order valence-corrected chi connectivity index (χ1v) is 12.5. The van der Waals surface area contributed by atoms with Crippen molar-refractivity contribution in [2.45, 2.75) is 33.4 Å². The van der Waals surface area contributed by atoms with E-state index in [1.807, 2.05) is 37.3 Å². The zero-order chi connectivity index (χ0) is 26.7. The summed E-state index contributed by atoms with van der Waals surface area (Å²) in [5.74, 6) is -0.919. The Balaban J connectivity index is 1.51. The molecule has 1 saturated heterocycles. The summed E-state index contributed by atoms with van der Waals surface area (Å²) in [5.41, 5.74) is 1.62. The zero-order valence-corrected chi connectivity index (χ0v) is 22.2. The molecular formula is C27H26Cl2N4O4. The van der Waals surface area contributed by atoms with Crippen LogP contribution in [0.25, 0.3) is 0 Å². The van der Waals surface area contributed by atoms with Crippen molar-refractivity contribution in [3.05, 3.63) is 92.5 Å². The lowest BCUT2D eigenvalue weighted by molar-refractivity contribution is 0.0401. The van der Waals surface area contributed by atoms with Crippen molar-refractivity contribution in [1.82, 2.24) is 19.8 Å². The normalized spacial score (nSPS) is 15.4. The molecule has 1 aliphatic heterocycles. The Hall–Kier alpha value is -3.49. The van der Waals surface area contributed by atoms with Crippen LogP contribution in [-0.4, -0.2) is 63.2 Å². The van der Waals surface area contributed by atoms with Gasteiger partial charge in [-0.1, -0.05) is 53.5 Å². The van der Waals surface area contributed by atoms with Gasteiger partial charge in [0.1, 0.15) is 23.7 Å². The van der Waals surface area contributed by atoms with E-state index in [2.05, 4.69) is 9.97 Å². The van der Waals surface area contributed by atoms with Gasteiger partial charge in [-0.3, -0.25) is 9.59 Å². The number of nitrogens with zero attached hydrogens (tertiary/aromatic N) is 4. The number of ether oxygens (including phenoxy) is 1. The lowest BCUT2D eigenvalue weighted by atomic mass is 10.1. The summed E-state index contributed by atoms with van der Waals surface area (Å²) in [7, 11) is 0. The number of halogens is 2. The number of carbonyl (C=O) groups excluding carboxylic acids is 3. The molecule has 2 aromatic carbocycles. The highest BCUT2D eigenvalue weighted by Gasteiger charge is 2.34. The second kappa shape index (κ2) is 11.3. The lowest BCUT2D eigenvalue weighted by Crippen LogP contribution is -2.55. The molecule has 192 valence electrons. The molecule has 0 spiro atoms. The molecule has 2 amide bonds. The number of hydrogen-bond acceptors (Lipinski definition) is 6. The summed E-state index contributed by atoms with van der Waals surface area (Å²) in [5, 5.41) is 0.747. The number of benzene rings is 2. The van der Waals surface area contributed by atoms with Crippen LogP contribution in [-0.2, 0) is 11.3 Å². The van der Waals surface area contributed by atoms with Crippen molar-refractivity contribution in [2.75, 3.05) is 19.6 Å². The van der Waals surface area contributed by atoms with Gasteiger partial charge < -0.3 is 14.5 Å². The van der Waals surface area contributed by atoms with E-state index in [-0.39, 0.29) is 42.9 Å². The predicted octanol–water partition coefficient (Wildman–Crippen LogP) is 4.74. The molecule has 0 bridgehead atoms. The van der Waals surface area contributed by atoms with Crippen molar-refractivity contribution in [3.63, 3.8) is 0 Å². The van der Waals surface area contributed by atoms with E-state index in [1.54, 1.807) is 41.8 Å². The number of aromatic nitrogens is 2. The van der Waals surface area contributed by atoms with Crippen LogP contribution < -0.4 is 0 Å². The molecule has 3 aromatic rings. The second-order valence-corrected chi connectivity index (χ2v) is 9.77. The smallest absolute Gasteiger partial charge is 0.342 e. The van der Waals surface area contributed by atoms with Gasteiger partial charge in [-0.15, -0.1) is 0 Å². The average Bonchev–Trinajstić information content (AvgIpc) is 2.86. The number of aryl methyl sites for hydroxylation is 2. The Labute approximate surface area is 225 Å². The third-order valence-corrected chi connectivity index (χ3v) is 6.54. The highest BCUT2D eigenvalue weighted by molar-refractivity contribution is 6.35. The van der Waals surface area contributed by atoms with Crippen LogP contribution in [0.4, 0.5) is 0 Å². The van der Waals surface area contributed by atoms with Gasteiger partial charge in [-0.05, 0) is 44.5 Å². The third-order valence-electron chi connectivity index (χ3n) is 6.11. The maximum atomic E-state index is 13.6. The molecule has 0 N–H and O–H groups in total. The molecular weight excluding hydrogens is 515 g/mol. The lowest BCUT2D eigenvalue weighted by Gasteiger charge is -2.40. The molecule has 37 heavy (non-hydrogen) atoms. The van der Waals surface area contributed by atoms with Crippen molar-refractivity contribution in [3.8, 4) is 0 Å². The van der Waals surface area contributed by atoms with Gasteiger partial charge in [0.25, 0.3) is 11.8 Å². The minimum Gasteiger partial charge on any atom is -0.457 e. The van der Waals surface area contributed by atoms with Gasteiger partial charge >= 0.3 is 5.97 Å². The third kappa shape index (κ3) is 6.09. The minimum absolute atomic E-state index is 0.00309. The van der Waals surface area contributed by atoms with Crippen LogP contribution >= 0.6 is 23.2 Å². The largest absolute Gasteiger partial charge is 0.457 e. The SMILES string of the molecule is Cc1nc(C)c(C(=O)OCc2ccccc2)c(C(=O)N2CCN(C(=O)c3cc(Cl)cc(Cl)c3)C(C)C2)n1. The minimum atomic E-state index is -0.663. The van der Waals surface area contributed by atoms with Crippen molar-refractivity contribution < 1.29 is 19.1 Å². The summed E-state index contributed by atoms with van der Waals surface area (Å²) >= 11 is 12.1. The van der Waals surface area contributed by atoms with Crippen molar-refractivity contribution >= 4 is 41.0 Å². The van der Waals surface area contributed by atoms with Crippen molar-refractivity contribution in [2.24, 2.45) is 0 Å². The molecule has 1 fully saturated rings. The number of piperazine rings is 1. The fourth-order valence-corrected chi connectivity index (χ4v) is 4.87. The van der Waals surface area contributed by atoms with E-state index in [9.17, 15) is 14.4 Å². The van der Waals surface area contributed by atoms with E-state index < -0.39 is 11.9 Å². The van der Waals surface area contributed by atoms with Crippen LogP contribution in [0.2, 0.25) is 10.0 Å². The van der Waals surface area contributed by atoms with E-state index >= 15 is 0 Å². The number of esters is 1. The predicted molar refractivity (Wildman–Crippen MR) is 140 cm³/mol. The summed E-state index contributed by atoms with van der Waals surface area (Å²) in [6.07, 6.45) is 0. The number of hydrogen-bond donors (Lipinski definition) is 0. The Bertz CT molecular complexity index is 1330. The standard InChI is InChI=1S/C27H26Cl2N4O4/c1-16-14-32(9-10-33(16)25(34)20-11-21(28)13-22(29)12-20)26(35)24-23(17(2)30-18(3)31-24)27(36)37-15-19-7-5-4-6-8-19/h4-8,11-13,16H,9-10,14-15H2,1-3H3. The molecule has 0 saturated carbocycles. The summed E-state index contributed by atoms with van der Waals surface area (Å²) in [6.45, 7) is 6.06. The Morgan fingerprint density at radius 1 is 0.973 bits per heavy atom. The molecule has 0 aliphatic carbocycles.